The molecule has 0 heterocycles. The summed E-state index contributed by atoms with van der Waals surface area (Å²) < 4.78 is 5.52. The van der Waals surface area contributed by atoms with E-state index in [0.717, 1.165) is 30.0 Å². The Labute approximate surface area is 115 Å². The average molecular weight is 261 g/mol. The number of rotatable bonds is 4. The van der Waals surface area contributed by atoms with E-state index in [2.05, 4.69) is 6.92 Å². The maximum Gasteiger partial charge on any atom is 0.306 e. The molecule has 3 heteroatoms. The van der Waals surface area contributed by atoms with E-state index in [-0.39, 0.29) is 12.1 Å². The van der Waals surface area contributed by atoms with Gasteiger partial charge in [-0.25, -0.2) is 0 Å². The Morgan fingerprint density at radius 3 is 2.74 bits per heavy atom. The van der Waals surface area contributed by atoms with E-state index in [9.17, 15) is 4.79 Å². The summed E-state index contributed by atoms with van der Waals surface area (Å²) in [6, 6.07) is 7.67. The number of hydrogen-bond donors (Lipinski definition) is 1. The highest BCUT2D eigenvalue weighted by Gasteiger charge is 2.21. The Balaban J connectivity index is 1.73. The first-order chi connectivity index (χ1) is 9.13. The number of esters is 1. The Bertz CT molecular complexity index is 423. The largest absolute Gasteiger partial charge is 0.462 e. The van der Waals surface area contributed by atoms with Crippen LogP contribution < -0.4 is 5.73 Å². The summed E-state index contributed by atoms with van der Waals surface area (Å²) >= 11 is 0. The van der Waals surface area contributed by atoms with Crippen molar-refractivity contribution in [2.24, 2.45) is 5.92 Å². The molecule has 0 aromatic heterocycles. The molecule has 3 nitrogen and oxygen atoms in total. The third-order valence-electron chi connectivity index (χ3n) is 3.83. The van der Waals surface area contributed by atoms with Crippen LogP contribution in [0.2, 0.25) is 0 Å². The molecule has 0 amide bonds. The van der Waals surface area contributed by atoms with E-state index in [4.69, 9.17) is 10.5 Å². The van der Waals surface area contributed by atoms with Crippen LogP contribution in [0.4, 0.5) is 5.69 Å². The zero-order valence-corrected chi connectivity index (χ0v) is 11.6. The SMILES string of the molecule is CC1CCC(OC(=O)CCc2cccc(N)c2)CC1. The van der Waals surface area contributed by atoms with Gasteiger partial charge in [0.25, 0.3) is 0 Å². The number of anilines is 1. The Kier molecular flexibility index (Phi) is 4.83. The van der Waals surface area contributed by atoms with E-state index < -0.39 is 0 Å². The summed E-state index contributed by atoms with van der Waals surface area (Å²) in [5.74, 6) is 0.698. The number of aryl methyl sites for hydroxylation is 1. The fraction of sp³-hybridized carbons (Fsp3) is 0.562. The summed E-state index contributed by atoms with van der Waals surface area (Å²) in [5, 5.41) is 0. The van der Waals surface area contributed by atoms with Crippen molar-refractivity contribution in [3.63, 3.8) is 0 Å². The Hall–Kier alpha value is -1.51. The number of hydrogen-bond acceptors (Lipinski definition) is 3. The third kappa shape index (κ3) is 4.58. The second-order valence-electron chi connectivity index (χ2n) is 5.62. The number of carbonyl (C=O) groups excluding carboxylic acids is 1. The van der Waals surface area contributed by atoms with Crippen molar-refractivity contribution in [1.82, 2.24) is 0 Å². The molecule has 0 aliphatic heterocycles. The minimum atomic E-state index is -0.0815. The molecule has 1 aromatic rings. The molecule has 1 fully saturated rings. The van der Waals surface area contributed by atoms with E-state index in [1.54, 1.807) is 0 Å². The second kappa shape index (κ2) is 6.60. The molecule has 0 saturated heterocycles. The van der Waals surface area contributed by atoms with Crippen LogP contribution in [0.15, 0.2) is 24.3 Å². The number of benzene rings is 1. The fourth-order valence-electron chi connectivity index (χ4n) is 2.59. The average Bonchev–Trinajstić information content (AvgIpc) is 2.39. The lowest BCUT2D eigenvalue weighted by atomic mass is 9.89. The first-order valence-corrected chi connectivity index (χ1v) is 7.17. The van der Waals surface area contributed by atoms with E-state index in [1.807, 2.05) is 24.3 Å². The molecule has 0 unspecified atom stereocenters. The van der Waals surface area contributed by atoms with Crippen LogP contribution in [0.25, 0.3) is 0 Å². The lowest BCUT2D eigenvalue weighted by Crippen LogP contribution is -2.23. The number of ether oxygens (including phenoxy) is 1. The molecule has 0 radical (unpaired) electrons. The van der Waals surface area contributed by atoms with Crippen LogP contribution in [-0.2, 0) is 16.0 Å². The van der Waals surface area contributed by atoms with Crippen molar-refractivity contribution in [2.45, 2.75) is 51.6 Å². The van der Waals surface area contributed by atoms with Crippen molar-refractivity contribution in [3.05, 3.63) is 29.8 Å². The van der Waals surface area contributed by atoms with Gasteiger partial charge in [-0.2, -0.15) is 0 Å². The van der Waals surface area contributed by atoms with E-state index >= 15 is 0 Å². The highest BCUT2D eigenvalue weighted by Crippen LogP contribution is 2.25. The molecule has 2 rings (SSSR count). The highest BCUT2D eigenvalue weighted by molar-refractivity contribution is 5.70. The van der Waals surface area contributed by atoms with Gasteiger partial charge >= 0.3 is 5.97 Å². The first kappa shape index (κ1) is 13.9. The molecule has 104 valence electrons. The van der Waals surface area contributed by atoms with E-state index in [0.29, 0.717) is 12.8 Å². The van der Waals surface area contributed by atoms with Crippen LogP contribution >= 0.6 is 0 Å². The van der Waals surface area contributed by atoms with Gasteiger partial charge in [0.05, 0.1) is 0 Å². The number of carbonyl (C=O) groups is 1. The Morgan fingerprint density at radius 2 is 2.05 bits per heavy atom. The quantitative estimate of drug-likeness (QED) is 0.668. The highest BCUT2D eigenvalue weighted by atomic mass is 16.5. The maximum absolute atomic E-state index is 11.8. The van der Waals surface area contributed by atoms with Crippen LogP contribution in [0.3, 0.4) is 0 Å². The van der Waals surface area contributed by atoms with E-state index in [1.165, 1.54) is 12.8 Å². The van der Waals surface area contributed by atoms with Gasteiger partial charge in [-0.3, -0.25) is 4.79 Å². The monoisotopic (exact) mass is 261 g/mol. The smallest absolute Gasteiger partial charge is 0.306 e. The van der Waals surface area contributed by atoms with Gasteiger partial charge in [-0.1, -0.05) is 19.1 Å². The van der Waals surface area contributed by atoms with Gasteiger partial charge in [-0.15, -0.1) is 0 Å². The molecule has 1 saturated carbocycles. The molecule has 1 aliphatic rings. The molecule has 0 bridgehead atoms. The van der Waals surface area contributed by atoms with Crippen LogP contribution in [-0.4, -0.2) is 12.1 Å². The molecule has 0 atom stereocenters. The minimum absolute atomic E-state index is 0.0815. The van der Waals surface area contributed by atoms with Crippen molar-refractivity contribution < 1.29 is 9.53 Å². The summed E-state index contributed by atoms with van der Waals surface area (Å²) in [4.78, 5) is 11.8. The van der Waals surface area contributed by atoms with Crippen LogP contribution in [0, 0.1) is 5.92 Å². The van der Waals surface area contributed by atoms with Gasteiger partial charge in [0, 0.05) is 12.1 Å². The van der Waals surface area contributed by atoms with Crippen LogP contribution in [0.5, 0.6) is 0 Å². The molecular weight excluding hydrogens is 238 g/mol. The summed E-state index contributed by atoms with van der Waals surface area (Å²) in [7, 11) is 0. The van der Waals surface area contributed by atoms with Crippen molar-refractivity contribution in [2.75, 3.05) is 5.73 Å². The van der Waals surface area contributed by atoms with Gasteiger partial charge in [0.1, 0.15) is 6.10 Å². The fourth-order valence-corrected chi connectivity index (χ4v) is 2.59. The predicted molar refractivity (Wildman–Crippen MR) is 76.7 cm³/mol. The topological polar surface area (TPSA) is 52.3 Å². The zero-order valence-electron chi connectivity index (χ0n) is 11.6. The standard InChI is InChI=1S/C16H23NO2/c1-12-5-8-15(9-6-12)19-16(18)10-7-13-3-2-4-14(17)11-13/h2-4,11-12,15H,5-10,17H2,1H3. The third-order valence-corrected chi connectivity index (χ3v) is 3.83. The normalized spacial score (nSPS) is 23.0. The number of nitrogen functional groups attached to an aromatic ring is 1. The lowest BCUT2D eigenvalue weighted by Gasteiger charge is -2.26. The van der Waals surface area contributed by atoms with Gasteiger partial charge < -0.3 is 10.5 Å². The molecule has 1 aromatic carbocycles. The molecule has 0 spiro atoms. The van der Waals surface area contributed by atoms with Gasteiger partial charge in [0.2, 0.25) is 0 Å². The summed E-state index contributed by atoms with van der Waals surface area (Å²) in [6.07, 6.45) is 5.67. The van der Waals surface area contributed by atoms with Crippen molar-refractivity contribution >= 4 is 11.7 Å². The van der Waals surface area contributed by atoms with Gasteiger partial charge in [0.15, 0.2) is 0 Å². The first-order valence-electron chi connectivity index (χ1n) is 7.17. The van der Waals surface area contributed by atoms with Crippen molar-refractivity contribution in [1.29, 1.82) is 0 Å². The van der Waals surface area contributed by atoms with Crippen LogP contribution in [0.1, 0.15) is 44.6 Å². The second-order valence-corrected chi connectivity index (χ2v) is 5.62. The molecule has 1 aliphatic carbocycles. The summed E-state index contributed by atoms with van der Waals surface area (Å²) in [5.41, 5.74) is 7.55. The summed E-state index contributed by atoms with van der Waals surface area (Å²) in [6.45, 7) is 2.26. The Morgan fingerprint density at radius 1 is 1.32 bits per heavy atom. The van der Waals surface area contributed by atoms with Crippen molar-refractivity contribution in [3.8, 4) is 0 Å². The lowest BCUT2D eigenvalue weighted by molar-refractivity contribution is -0.150. The number of nitrogens with two attached hydrogens (primary N) is 1. The molecule has 2 N–H and O–H groups in total. The minimum Gasteiger partial charge on any atom is -0.462 e. The predicted octanol–water partition coefficient (Wildman–Crippen LogP) is 3.32. The molecular formula is C16H23NO2. The maximum atomic E-state index is 11.8. The van der Waals surface area contributed by atoms with Gasteiger partial charge in [-0.05, 0) is 55.7 Å². The molecule has 19 heavy (non-hydrogen) atoms. The zero-order chi connectivity index (χ0) is 13.7.